The van der Waals surface area contributed by atoms with Gasteiger partial charge in [0.15, 0.2) is 0 Å². The molecule has 0 aliphatic carbocycles. The lowest BCUT2D eigenvalue weighted by Crippen LogP contribution is -2.32. The van der Waals surface area contributed by atoms with Crippen molar-refractivity contribution >= 4 is 34.7 Å². The molecule has 3 rings (SSSR count). The molecule has 1 aromatic carbocycles. The van der Waals surface area contributed by atoms with Gasteiger partial charge in [0, 0.05) is 22.9 Å². The highest BCUT2D eigenvalue weighted by Crippen LogP contribution is 2.34. The van der Waals surface area contributed by atoms with E-state index in [1.807, 2.05) is 6.26 Å². The first kappa shape index (κ1) is 22.5. The molecule has 0 bridgehead atoms. The number of aliphatic carboxylic acids is 2. The van der Waals surface area contributed by atoms with E-state index in [1.165, 1.54) is 23.4 Å². The average Bonchev–Trinajstić information content (AvgIpc) is 3.07. The molecule has 8 nitrogen and oxygen atoms in total. The van der Waals surface area contributed by atoms with Crippen LogP contribution in [0, 0.1) is 6.92 Å². The van der Waals surface area contributed by atoms with E-state index in [2.05, 4.69) is 0 Å². The molecule has 1 unspecified atom stereocenters. The van der Waals surface area contributed by atoms with Crippen LogP contribution in [0.4, 0.5) is 0 Å². The lowest BCUT2D eigenvalue weighted by molar-refractivity contribution is -0.141. The summed E-state index contributed by atoms with van der Waals surface area (Å²) in [5.41, 5.74) is 0.912. The molecule has 9 heteroatoms. The molecule has 0 amide bonds. The van der Waals surface area contributed by atoms with Crippen LogP contribution >= 0.6 is 11.8 Å². The minimum absolute atomic E-state index is 0.0919. The van der Waals surface area contributed by atoms with Crippen molar-refractivity contribution in [3.05, 3.63) is 51.9 Å². The summed E-state index contributed by atoms with van der Waals surface area (Å²) in [6, 6.07) is 7.38. The smallest absolute Gasteiger partial charge is 0.326 e. The van der Waals surface area contributed by atoms with Gasteiger partial charge in [-0.1, -0.05) is 0 Å². The van der Waals surface area contributed by atoms with Gasteiger partial charge in [-0.15, -0.1) is 0 Å². The Morgan fingerprint density at radius 1 is 1.23 bits per heavy atom. The van der Waals surface area contributed by atoms with E-state index in [0.717, 1.165) is 0 Å². The number of ether oxygens (including phenoxy) is 1. The Kier molecular flexibility index (Phi) is 6.74. The lowest BCUT2D eigenvalue weighted by Gasteiger charge is -2.18. The van der Waals surface area contributed by atoms with E-state index in [0.29, 0.717) is 22.8 Å². The number of nitrogens with zero attached hydrogens (tertiary/aromatic N) is 1. The van der Waals surface area contributed by atoms with Crippen LogP contribution in [-0.2, 0) is 16.0 Å². The average molecular weight is 445 g/mol. The van der Waals surface area contributed by atoms with Gasteiger partial charge in [-0.2, -0.15) is 11.8 Å². The van der Waals surface area contributed by atoms with Crippen molar-refractivity contribution in [3.63, 3.8) is 0 Å². The summed E-state index contributed by atoms with van der Waals surface area (Å²) in [6.07, 6.45) is 1.69. The monoisotopic (exact) mass is 445 g/mol. The fourth-order valence-corrected chi connectivity index (χ4v) is 4.10. The van der Waals surface area contributed by atoms with Crippen LogP contribution in [-0.4, -0.2) is 45.8 Å². The minimum Gasteiger partial charge on any atom is -0.497 e. The predicted molar refractivity (Wildman–Crippen MR) is 118 cm³/mol. The van der Waals surface area contributed by atoms with Gasteiger partial charge in [0.1, 0.15) is 23.1 Å². The van der Waals surface area contributed by atoms with Gasteiger partial charge in [-0.05, 0) is 49.6 Å². The number of pyridine rings is 1. The summed E-state index contributed by atoms with van der Waals surface area (Å²) < 4.78 is 12.3. The number of fused-ring (bicyclic) bond motifs is 1. The predicted octanol–water partition coefficient (Wildman–Crippen LogP) is 3.58. The fraction of sp³-hybridized carbons (Fsp3) is 0.318. The van der Waals surface area contributed by atoms with Gasteiger partial charge in [0.25, 0.3) is 5.56 Å². The number of furan rings is 1. The van der Waals surface area contributed by atoms with Crippen LogP contribution in [0.5, 0.6) is 5.75 Å². The highest BCUT2D eigenvalue weighted by Gasteiger charge is 2.27. The second-order valence-electron chi connectivity index (χ2n) is 7.04. The molecule has 0 saturated heterocycles. The number of hydrogen-bond acceptors (Lipinski definition) is 6. The molecule has 3 aromatic rings. The van der Waals surface area contributed by atoms with Crippen molar-refractivity contribution in [1.29, 1.82) is 0 Å². The van der Waals surface area contributed by atoms with Gasteiger partial charge in [0.2, 0.25) is 0 Å². The molecule has 1 atom stereocenters. The van der Waals surface area contributed by atoms with Crippen molar-refractivity contribution in [2.24, 2.45) is 0 Å². The molecule has 0 fully saturated rings. The number of carboxylic acid groups (broad SMARTS) is 2. The van der Waals surface area contributed by atoms with Crippen molar-refractivity contribution in [1.82, 2.24) is 4.57 Å². The number of carboxylic acids is 2. The Labute approximate surface area is 182 Å². The second-order valence-corrected chi connectivity index (χ2v) is 8.03. The van der Waals surface area contributed by atoms with E-state index < -0.39 is 30.0 Å². The highest BCUT2D eigenvalue weighted by atomic mass is 32.2. The number of carbonyl (C=O) groups is 2. The molecule has 0 radical (unpaired) electrons. The van der Waals surface area contributed by atoms with Crippen LogP contribution in [0.25, 0.3) is 22.3 Å². The SMILES string of the molecule is COc1ccc(-c2oc3cc(C)n(C(CCSC)C(=O)O)c(=O)c3c2CC(=O)O)cc1. The molecule has 31 heavy (non-hydrogen) atoms. The molecule has 0 spiro atoms. The number of hydrogen-bond donors (Lipinski definition) is 2. The summed E-state index contributed by atoms with van der Waals surface area (Å²) >= 11 is 1.49. The van der Waals surface area contributed by atoms with E-state index in [4.69, 9.17) is 9.15 Å². The zero-order valence-electron chi connectivity index (χ0n) is 17.4. The topological polar surface area (TPSA) is 119 Å². The summed E-state index contributed by atoms with van der Waals surface area (Å²) in [5.74, 6) is -0.787. The first-order valence-electron chi connectivity index (χ1n) is 9.54. The zero-order chi connectivity index (χ0) is 22.7. The quantitative estimate of drug-likeness (QED) is 0.513. The normalized spacial score (nSPS) is 12.1. The van der Waals surface area contributed by atoms with Crippen LogP contribution in [0.15, 0.2) is 39.5 Å². The van der Waals surface area contributed by atoms with E-state index in [-0.39, 0.29) is 28.7 Å². The molecule has 0 aliphatic heterocycles. The molecule has 164 valence electrons. The Hall–Kier alpha value is -3.20. The second kappa shape index (κ2) is 9.30. The van der Waals surface area contributed by atoms with E-state index in [9.17, 15) is 24.6 Å². The molecule has 2 heterocycles. The third-order valence-corrected chi connectivity index (χ3v) is 5.70. The number of aryl methyl sites for hydroxylation is 1. The minimum atomic E-state index is -1.12. The molecular formula is C22H23NO7S. The lowest BCUT2D eigenvalue weighted by atomic mass is 10.0. The first-order chi connectivity index (χ1) is 14.8. The summed E-state index contributed by atoms with van der Waals surface area (Å²) in [5, 5.41) is 19.3. The van der Waals surface area contributed by atoms with Crippen molar-refractivity contribution in [2.45, 2.75) is 25.8 Å². The summed E-state index contributed by atoms with van der Waals surface area (Å²) in [4.78, 5) is 36.9. The molecule has 2 N–H and O–H groups in total. The number of thioether (sulfide) groups is 1. The highest BCUT2D eigenvalue weighted by molar-refractivity contribution is 7.98. The summed E-state index contributed by atoms with van der Waals surface area (Å²) in [7, 11) is 1.53. The maximum Gasteiger partial charge on any atom is 0.326 e. The third-order valence-electron chi connectivity index (χ3n) is 5.06. The number of benzene rings is 1. The van der Waals surface area contributed by atoms with Gasteiger partial charge >= 0.3 is 11.9 Å². The van der Waals surface area contributed by atoms with Gasteiger partial charge in [-0.3, -0.25) is 14.2 Å². The fourth-order valence-electron chi connectivity index (χ4n) is 3.64. The Balaban J connectivity index is 2.29. The maximum absolute atomic E-state index is 13.4. The van der Waals surface area contributed by atoms with Gasteiger partial charge in [0.05, 0.1) is 18.9 Å². The van der Waals surface area contributed by atoms with Crippen LogP contribution in [0.3, 0.4) is 0 Å². The van der Waals surface area contributed by atoms with E-state index >= 15 is 0 Å². The number of methoxy groups -OCH3 is 1. The molecular weight excluding hydrogens is 422 g/mol. The Morgan fingerprint density at radius 3 is 2.45 bits per heavy atom. The zero-order valence-corrected chi connectivity index (χ0v) is 18.2. The Bertz CT molecular complexity index is 1180. The van der Waals surface area contributed by atoms with Crippen molar-refractivity contribution in [3.8, 4) is 17.1 Å². The van der Waals surface area contributed by atoms with Gasteiger partial charge < -0.3 is 19.4 Å². The standard InChI is InChI=1S/C22H23NO7S/c1-12-10-17-19(21(26)23(12)16(22(27)28)8-9-31-3)15(11-18(24)25)20(30-17)13-4-6-14(29-2)7-5-13/h4-7,10,16H,8-9,11H2,1-3H3,(H,24,25)(H,27,28). The third kappa shape index (κ3) is 4.46. The maximum atomic E-state index is 13.4. The van der Waals surface area contributed by atoms with Crippen LogP contribution < -0.4 is 10.3 Å². The molecule has 2 aromatic heterocycles. The number of rotatable bonds is 9. The Morgan fingerprint density at radius 2 is 1.90 bits per heavy atom. The molecule has 0 saturated carbocycles. The number of aromatic nitrogens is 1. The van der Waals surface area contributed by atoms with Crippen LogP contribution in [0.1, 0.15) is 23.7 Å². The van der Waals surface area contributed by atoms with Crippen molar-refractivity contribution < 1.29 is 29.0 Å². The molecule has 0 aliphatic rings. The van der Waals surface area contributed by atoms with Crippen LogP contribution in [0.2, 0.25) is 0 Å². The largest absolute Gasteiger partial charge is 0.497 e. The van der Waals surface area contributed by atoms with E-state index in [1.54, 1.807) is 37.3 Å². The van der Waals surface area contributed by atoms with Crippen molar-refractivity contribution in [2.75, 3.05) is 19.1 Å². The van der Waals surface area contributed by atoms with Gasteiger partial charge in [-0.25, -0.2) is 4.79 Å². The summed E-state index contributed by atoms with van der Waals surface area (Å²) in [6.45, 7) is 1.64. The first-order valence-corrected chi connectivity index (χ1v) is 10.9.